The Bertz CT molecular complexity index is 935. The molecule has 3 aromatic rings. The maximum absolute atomic E-state index is 11.2. The molecule has 0 atom stereocenters. The molecule has 0 saturated carbocycles. The van der Waals surface area contributed by atoms with Gasteiger partial charge in [0.25, 0.3) is 5.89 Å². The van der Waals surface area contributed by atoms with Gasteiger partial charge in [0.05, 0.1) is 10.4 Å². The van der Waals surface area contributed by atoms with Crippen molar-refractivity contribution < 1.29 is 9.21 Å². The highest BCUT2D eigenvalue weighted by molar-refractivity contribution is 7.13. The van der Waals surface area contributed by atoms with E-state index in [1.54, 1.807) is 11.4 Å². The molecule has 1 amide bonds. The second-order valence-electron chi connectivity index (χ2n) is 6.54. The third kappa shape index (κ3) is 6.02. The van der Waals surface area contributed by atoms with Gasteiger partial charge < -0.3 is 20.8 Å². The molecule has 0 spiro atoms. The molecule has 0 aliphatic carbocycles. The zero-order valence-electron chi connectivity index (χ0n) is 17.1. The van der Waals surface area contributed by atoms with E-state index in [2.05, 4.69) is 45.1 Å². The maximum atomic E-state index is 11.2. The normalized spacial score (nSPS) is 11.0. The first-order valence-corrected chi connectivity index (χ1v) is 10.8. The molecule has 30 heavy (non-hydrogen) atoms. The summed E-state index contributed by atoms with van der Waals surface area (Å²) in [6.45, 7) is 8.12. The van der Waals surface area contributed by atoms with Crippen LogP contribution in [-0.4, -0.2) is 47.3 Å². The van der Waals surface area contributed by atoms with Gasteiger partial charge in [0.1, 0.15) is 0 Å². The lowest BCUT2D eigenvalue weighted by atomic mass is 10.2. The van der Waals surface area contributed by atoms with E-state index in [1.807, 2.05) is 24.3 Å². The van der Waals surface area contributed by atoms with Gasteiger partial charge in [-0.1, -0.05) is 18.9 Å². The number of nitrogens with zero attached hydrogens (tertiary/aromatic N) is 3. The van der Waals surface area contributed by atoms with Gasteiger partial charge in [-0.15, -0.1) is 16.4 Å². The van der Waals surface area contributed by atoms with Crippen molar-refractivity contribution in [3.8, 4) is 10.8 Å². The quantitative estimate of drug-likeness (QED) is 0.256. The smallest absolute Gasteiger partial charge is 0.320 e. The highest BCUT2D eigenvalue weighted by atomic mass is 32.1. The van der Waals surface area contributed by atoms with Crippen molar-refractivity contribution in [2.24, 2.45) is 5.73 Å². The number of rotatable bonds is 12. The van der Waals surface area contributed by atoms with Crippen LogP contribution in [0.2, 0.25) is 0 Å². The van der Waals surface area contributed by atoms with Gasteiger partial charge in [-0.3, -0.25) is 10.2 Å². The Morgan fingerprint density at radius 2 is 1.87 bits per heavy atom. The third-order valence-corrected chi connectivity index (χ3v) is 5.36. The van der Waals surface area contributed by atoms with Crippen LogP contribution in [0, 0.1) is 0 Å². The first-order chi connectivity index (χ1) is 14.6. The van der Waals surface area contributed by atoms with Crippen molar-refractivity contribution in [1.29, 1.82) is 0 Å². The fourth-order valence-corrected chi connectivity index (χ4v) is 3.57. The van der Waals surface area contributed by atoms with Gasteiger partial charge in [0, 0.05) is 42.9 Å². The molecule has 2 heterocycles. The van der Waals surface area contributed by atoms with Crippen molar-refractivity contribution in [3.63, 3.8) is 0 Å². The lowest BCUT2D eigenvalue weighted by molar-refractivity contribution is 0.100. The van der Waals surface area contributed by atoms with Gasteiger partial charge >= 0.3 is 6.01 Å². The van der Waals surface area contributed by atoms with E-state index in [1.165, 1.54) is 11.3 Å². The summed E-state index contributed by atoms with van der Waals surface area (Å²) in [4.78, 5) is 11.9. The Hall–Kier alpha value is -2.95. The molecule has 3 rings (SSSR count). The number of amides is 1. The molecular weight excluding hydrogens is 402 g/mol. The van der Waals surface area contributed by atoms with Crippen molar-refractivity contribution in [3.05, 3.63) is 41.3 Å². The standard InChI is InChI=1S/C20H27N7O2S/c1-3-27(4-2)23-11-5-10-22-15-6-8-16(9-7-15)24-20-26-25-19(29-20)17-12-14(13-30-17)18(21)28/h6-9,12-13,22-23H,3-5,10-11H2,1-2H3,(H2,21,28)(H,24,26). The molecule has 2 aromatic heterocycles. The summed E-state index contributed by atoms with van der Waals surface area (Å²) in [5.74, 6) is -0.143. The predicted molar refractivity (Wildman–Crippen MR) is 120 cm³/mol. The number of carbonyl (C=O) groups is 1. The fraction of sp³-hybridized carbons (Fsp3) is 0.350. The maximum Gasteiger partial charge on any atom is 0.320 e. The van der Waals surface area contributed by atoms with Crippen LogP contribution in [-0.2, 0) is 0 Å². The summed E-state index contributed by atoms with van der Waals surface area (Å²) >= 11 is 1.33. The molecule has 0 saturated heterocycles. The largest absolute Gasteiger partial charge is 0.402 e. The molecule has 160 valence electrons. The average molecular weight is 430 g/mol. The van der Waals surface area contributed by atoms with Crippen LogP contribution in [0.5, 0.6) is 0 Å². The molecule has 0 unspecified atom stereocenters. The first-order valence-electron chi connectivity index (χ1n) is 9.90. The van der Waals surface area contributed by atoms with Gasteiger partial charge in [-0.05, 0) is 36.8 Å². The van der Waals surface area contributed by atoms with Crippen LogP contribution in [0.4, 0.5) is 17.4 Å². The molecule has 0 bridgehead atoms. The summed E-state index contributed by atoms with van der Waals surface area (Å²) in [6.07, 6.45) is 1.03. The van der Waals surface area contributed by atoms with Gasteiger partial charge in [-0.25, -0.2) is 5.01 Å². The Labute approximate surface area is 179 Å². The van der Waals surface area contributed by atoms with Crippen LogP contribution < -0.4 is 21.8 Å². The number of benzene rings is 1. The number of hydrogen-bond donors (Lipinski definition) is 4. The molecule has 0 aliphatic heterocycles. The number of nitrogens with two attached hydrogens (primary N) is 1. The van der Waals surface area contributed by atoms with E-state index in [0.29, 0.717) is 16.3 Å². The van der Waals surface area contributed by atoms with Gasteiger partial charge in [0.15, 0.2) is 0 Å². The number of carbonyl (C=O) groups excluding carboxylic acids is 1. The first kappa shape index (κ1) is 21.8. The lowest BCUT2D eigenvalue weighted by Crippen LogP contribution is -2.38. The van der Waals surface area contributed by atoms with Crippen LogP contribution >= 0.6 is 11.3 Å². The van der Waals surface area contributed by atoms with Crippen LogP contribution in [0.25, 0.3) is 10.8 Å². The summed E-state index contributed by atoms with van der Waals surface area (Å²) in [5, 5.41) is 18.4. The third-order valence-electron chi connectivity index (χ3n) is 4.44. The Kier molecular flexibility index (Phi) is 7.77. The molecule has 5 N–H and O–H groups in total. The highest BCUT2D eigenvalue weighted by Crippen LogP contribution is 2.28. The minimum atomic E-state index is -0.482. The van der Waals surface area contributed by atoms with Crippen molar-refractivity contribution in [1.82, 2.24) is 20.6 Å². The number of hydrazine groups is 1. The Morgan fingerprint density at radius 3 is 2.53 bits per heavy atom. The topological polar surface area (TPSA) is 121 Å². The predicted octanol–water partition coefficient (Wildman–Crippen LogP) is 3.29. The zero-order chi connectivity index (χ0) is 21.3. The Balaban J connectivity index is 1.46. The summed E-state index contributed by atoms with van der Waals surface area (Å²) < 4.78 is 5.62. The number of aromatic nitrogens is 2. The minimum Gasteiger partial charge on any atom is -0.402 e. The summed E-state index contributed by atoms with van der Waals surface area (Å²) in [5.41, 5.74) is 11.0. The molecule has 0 radical (unpaired) electrons. The molecule has 0 fully saturated rings. The average Bonchev–Trinajstić information content (AvgIpc) is 3.42. The minimum absolute atomic E-state index is 0.280. The monoisotopic (exact) mass is 429 g/mol. The van der Waals surface area contributed by atoms with E-state index in [0.717, 1.165) is 44.0 Å². The van der Waals surface area contributed by atoms with Crippen LogP contribution in [0.3, 0.4) is 0 Å². The van der Waals surface area contributed by atoms with Crippen molar-refractivity contribution >= 4 is 34.6 Å². The molecule has 0 aliphatic rings. The number of thiophene rings is 1. The fourth-order valence-electron chi connectivity index (χ4n) is 2.75. The van der Waals surface area contributed by atoms with E-state index < -0.39 is 5.91 Å². The summed E-state index contributed by atoms with van der Waals surface area (Å²) in [6, 6.07) is 9.80. The van der Waals surface area contributed by atoms with Crippen molar-refractivity contribution in [2.45, 2.75) is 20.3 Å². The van der Waals surface area contributed by atoms with E-state index in [-0.39, 0.29) is 6.01 Å². The number of primary amides is 1. The van der Waals surface area contributed by atoms with Crippen LogP contribution in [0.1, 0.15) is 30.6 Å². The lowest BCUT2D eigenvalue weighted by Gasteiger charge is -2.19. The van der Waals surface area contributed by atoms with E-state index in [9.17, 15) is 4.79 Å². The summed E-state index contributed by atoms with van der Waals surface area (Å²) in [7, 11) is 0. The molecule has 9 nitrogen and oxygen atoms in total. The van der Waals surface area contributed by atoms with E-state index >= 15 is 0 Å². The molecular formula is C20H27N7O2S. The molecule has 10 heteroatoms. The van der Waals surface area contributed by atoms with Gasteiger partial charge in [-0.2, -0.15) is 0 Å². The van der Waals surface area contributed by atoms with Crippen molar-refractivity contribution in [2.75, 3.05) is 36.8 Å². The second-order valence-corrected chi connectivity index (χ2v) is 7.45. The second kappa shape index (κ2) is 10.7. The molecule has 1 aromatic carbocycles. The zero-order valence-corrected chi connectivity index (χ0v) is 18.0. The number of hydrogen-bond acceptors (Lipinski definition) is 9. The van der Waals surface area contributed by atoms with Crippen LogP contribution in [0.15, 0.2) is 40.1 Å². The number of anilines is 3. The van der Waals surface area contributed by atoms with E-state index in [4.69, 9.17) is 10.2 Å². The Morgan fingerprint density at radius 1 is 1.13 bits per heavy atom. The SMILES string of the molecule is CCN(CC)NCCCNc1ccc(Nc2nnc(-c3cc(C(N)=O)cs3)o2)cc1. The van der Waals surface area contributed by atoms with Gasteiger partial charge in [0.2, 0.25) is 5.91 Å². The highest BCUT2D eigenvalue weighted by Gasteiger charge is 2.13. The number of nitrogens with one attached hydrogen (secondary N) is 3.